The van der Waals surface area contributed by atoms with Crippen molar-refractivity contribution in [2.45, 2.75) is 18.1 Å². The van der Waals surface area contributed by atoms with Gasteiger partial charge in [0, 0.05) is 11.3 Å². The molecule has 1 N–H and O–H groups in total. The van der Waals surface area contributed by atoms with Crippen LogP contribution in [0.5, 0.6) is 11.5 Å². The van der Waals surface area contributed by atoms with E-state index in [9.17, 15) is 31.4 Å². The first kappa shape index (κ1) is 20.8. The molecule has 1 unspecified atom stereocenters. The van der Waals surface area contributed by atoms with Gasteiger partial charge in [0.1, 0.15) is 11.5 Å². The third-order valence-corrected chi connectivity index (χ3v) is 4.32. The van der Waals surface area contributed by atoms with Gasteiger partial charge in [-0.25, -0.2) is 4.99 Å². The highest BCUT2D eigenvalue weighted by atomic mass is 19.4. The number of hydrogen-bond donors (Lipinski definition) is 1. The van der Waals surface area contributed by atoms with Crippen LogP contribution in [0.1, 0.15) is 5.56 Å². The third-order valence-electron chi connectivity index (χ3n) is 4.32. The Morgan fingerprint density at radius 3 is 1.93 bits per heavy atom. The number of benzene rings is 2. The van der Waals surface area contributed by atoms with Crippen molar-refractivity contribution in [3.8, 4) is 11.5 Å². The van der Waals surface area contributed by atoms with Gasteiger partial charge in [-0.05, 0) is 42.5 Å². The zero-order valence-corrected chi connectivity index (χ0v) is 15.0. The van der Waals surface area contributed by atoms with E-state index < -0.39 is 40.9 Å². The highest BCUT2D eigenvalue weighted by Gasteiger charge is 2.66. The van der Waals surface area contributed by atoms with Crippen molar-refractivity contribution in [2.75, 3.05) is 19.1 Å². The summed E-state index contributed by atoms with van der Waals surface area (Å²) in [5.74, 6) is -1.80. The van der Waals surface area contributed by atoms with Crippen molar-refractivity contribution >= 4 is 17.2 Å². The molecule has 0 spiro atoms. The highest BCUT2D eigenvalue weighted by molar-refractivity contribution is 6.06. The van der Waals surface area contributed by atoms with Crippen LogP contribution in [0, 0.1) is 0 Å². The molecule has 11 heteroatoms. The number of aliphatic imine (C=N–C) groups is 1. The molecule has 29 heavy (non-hydrogen) atoms. The highest BCUT2D eigenvalue weighted by Crippen LogP contribution is 2.52. The molecule has 0 aliphatic carbocycles. The Kier molecular flexibility index (Phi) is 4.89. The lowest BCUT2D eigenvalue weighted by Gasteiger charge is -2.45. The Morgan fingerprint density at radius 1 is 0.897 bits per heavy atom. The number of ether oxygens (including phenoxy) is 2. The summed E-state index contributed by atoms with van der Waals surface area (Å²) in [4.78, 5) is 3.09. The minimum Gasteiger partial charge on any atom is -0.497 e. The molecular formula is C18H14F6N2O3. The number of anilines is 1. The molecule has 1 aliphatic heterocycles. The zero-order valence-electron chi connectivity index (χ0n) is 15.0. The van der Waals surface area contributed by atoms with Crippen molar-refractivity contribution in [1.29, 1.82) is 0 Å². The number of alkyl halides is 6. The maximum atomic E-state index is 14.1. The summed E-state index contributed by atoms with van der Waals surface area (Å²) in [5.41, 5.74) is -6.22. The first-order chi connectivity index (χ1) is 13.4. The van der Waals surface area contributed by atoms with Crippen molar-refractivity contribution in [1.82, 2.24) is 0 Å². The third kappa shape index (κ3) is 3.35. The van der Waals surface area contributed by atoms with E-state index >= 15 is 0 Å². The second-order valence-electron chi connectivity index (χ2n) is 6.02. The van der Waals surface area contributed by atoms with Gasteiger partial charge < -0.3 is 14.6 Å². The van der Waals surface area contributed by atoms with E-state index in [2.05, 4.69) is 4.99 Å². The quantitative estimate of drug-likeness (QED) is 0.742. The first-order valence-corrected chi connectivity index (χ1v) is 8.01. The average molecular weight is 420 g/mol. The molecule has 0 fully saturated rings. The monoisotopic (exact) mass is 420 g/mol. The molecule has 0 bridgehead atoms. The number of fused-ring (bicyclic) bond motifs is 1. The van der Waals surface area contributed by atoms with Crippen LogP contribution in [0.2, 0.25) is 0 Å². The minimum absolute atomic E-state index is 0.0910. The van der Waals surface area contributed by atoms with Crippen LogP contribution in [-0.2, 0) is 5.72 Å². The lowest BCUT2D eigenvalue weighted by molar-refractivity contribution is -0.263. The predicted octanol–water partition coefficient (Wildman–Crippen LogP) is 4.52. The molecule has 3 rings (SSSR count). The second kappa shape index (κ2) is 6.83. The van der Waals surface area contributed by atoms with E-state index in [0.717, 1.165) is 30.3 Å². The van der Waals surface area contributed by atoms with Gasteiger partial charge in [0.15, 0.2) is 0 Å². The lowest BCUT2D eigenvalue weighted by atomic mass is 9.94. The van der Waals surface area contributed by atoms with Gasteiger partial charge in [0.2, 0.25) is 5.84 Å². The number of hydrogen-bond acceptors (Lipinski definition) is 5. The molecule has 0 radical (unpaired) electrons. The molecular weight excluding hydrogens is 406 g/mol. The van der Waals surface area contributed by atoms with Crippen LogP contribution in [0.15, 0.2) is 47.5 Å². The molecule has 1 atom stereocenters. The molecule has 0 amide bonds. The number of halogens is 6. The normalized spacial score (nSPS) is 19.5. The number of rotatable bonds is 3. The van der Waals surface area contributed by atoms with E-state index in [-0.39, 0.29) is 16.4 Å². The zero-order chi connectivity index (χ0) is 21.6. The largest absolute Gasteiger partial charge is 0.497 e. The van der Waals surface area contributed by atoms with E-state index in [1.54, 1.807) is 0 Å². The molecule has 5 nitrogen and oxygen atoms in total. The van der Waals surface area contributed by atoms with Crippen LogP contribution < -0.4 is 14.4 Å². The summed E-state index contributed by atoms with van der Waals surface area (Å²) in [5, 5.41) is 10.8. The van der Waals surface area contributed by atoms with Gasteiger partial charge in [0.05, 0.1) is 19.9 Å². The van der Waals surface area contributed by atoms with E-state index in [0.29, 0.717) is 0 Å². The fourth-order valence-corrected chi connectivity index (χ4v) is 2.97. The van der Waals surface area contributed by atoms with E-state index in [1.807, 2.05) is 0 Å². The van der Waals surface area contributed by atoms with Crippen molar-refractivity contribution in [2.24, 2.45) is 4.99 Å². The standard InChI is InChI=1S/C18H14F6N2O3/c1-28-11-5-3-10(4-6-11)26-15(17(19,20)21)25-14-8-7-12(29-2)9-13(14)16(26,27)18(22,23)24/h3-9,27H,1-2H3. The number of nitrogens with zero attached hydrogens (tertiary/aromatic N) is 2. The molecule has 1 heterocycles. The summed E-state index contributed by atoms with van der Waals surface area (Å²) < 4.78 is 93.1. The SMILES string of the molecule is COc1ccc(N2C(C(F)(F)F)=Nc3ccc(OC)cc3C2(O)C(F)(F)F)cc1. The molecule has 1 aliphatic rings. The molecule has 2 aromatic carbocycles. The first-order valence-electron chi connectivity index (χ1n) is 8.01. The van der Waals surface area contributed by atoms with E-state index in [1.165, 1.54) is 26.4 Å². The van der Waals surface area contributed by atoms with Gasteiger partial charge in [-0.3, -0.25) is 4.90 Å². The summed E-state index contributed by atoms with van der Waals surface area (Å²) in [7, 11) is 2.45. The van der Waals surface area contributed by atoms with Crippen LogP contribution in [-0.4, -0.2) is 37.5 Å². The van der Waals surface area contributed by atoms with Gasteiger partial charge in [-0.15, -0.1) is 0 Å². The summed E-state index contributed by atoms with van der Waals surface area (Å²) in [6.07, 6.45) is -10.8. The Hall–Kier alpha value is -2.95. The number of aliphatic hydroxyl groups is 1. The van der Waals surface area contributed by atoms with Gasteiger partial charge in [-0.2, -0.15) is 26.3 Å². The van der Waals surface area contributed by atoms with Gasteiger partial charge in [0.25, 0.3) is 5.72 Å². The Bertz CT molecular complexity index is 940. The molecule has 2 aromatic rings. The van der Waals surface area contributed by atoms with Crippen LogP contribution in [0.4, 0.5) is 37.7 Å². The second-order valence-corrected chi connectivity index (χ2v) is 6.02. The Labute approximate surface area is 160 Å². The van der Waals surface area contributed by atoms with Crippen LogP contribution in [0.3, 0.4) is 0 Å². The van der Waals surface area contributed by atoms with E-state index in [4.69, 9.17) is 9.47 Å². The molecule has 0 aromatic heterocycles. The topological polar surface area (TPSA) is 54.3 Å². The maximum absolute atomic E-state index is 14.1. The summed E-state index contributed by atoms with van der Waals surface area (Å²) in [6.45, 7) is 0. The number of methoxy groups -OCH3 is 2. The summed E-state index contributed by atoms with van der Waals surface area (Å²) in [6, 6.07) is 7.13. The van der Waals surface area contributed by atoms with Crippen molar-refractivity contribution in [3.63, 3.8) is 0 Å². The fraction of sp³-hybridized carbons (Fsp3) is 0.278. The van der Waals surface area contributed by atoms with Gasteiger partial charge >= 0.3 is 12.4 Å². The molecule has 156 valence electrons. The lowest BCUT2D eigenvalue weighted by Crippen LogP contribution is -2.63. The minimum atomic E-state index is -5.53. The van der Waals surface area contributed by atoms with Crippen LogP contribution >= 0.6 is 0 Å². The van der Waals surface area contributed by atoms with Crippen molar-refractivity contribution < 1.29 is 40.9 Å². The maximum Gasteiger partial charge on any atom is 0.449 e. The Morgan fingerprint density at radius 2 is 1.45 bits per heavy atom. The molecule has 0 saturated heterocycles. The average Bonchev–Trinajstić information content (AvgIpc) is 2.66. The van der Waals surface area contributed by atoms with Gasteiger partial charge in [-0.1, -0.05) is 0 Å². The smallest absolute Gasteiger partial charge is 0.449 e. The predicted molar refractivity (Wildman–Crippen MR) is 91.6 cm³/mol. The molecule has 0 saturated carbocycles. The van der Waals surface area contributed by atoms with Crippen LogP contribution in [0.25, 0.3) is 0 Å². The fourth-order valence-electron chi connectivity index (χ4n) is 2.97. The Balaban J connectivity index is 2.36. The van der Waals surface area contributed by atoms with Crippen molar-refractivity contribution in [3.05, 3.63) is 48.0 Å². The summed E-state index contributed by atoms with van der Waals surface area (Å²) >= 11 is 0. The number of amidine groups is 1.